The number of methoxy groups -OCH3 is 1. The molecule has 0 amide bonds. The van der Waals surface area contributed by atoms with Gasteiger partial charge in [-0.3, -0.25) is 4.90 Å². The Hall–Kier alpha value is 0.230. The maximum atomic E-state index is 5.58. The maximum Gasteiger partial charge on any atom is 0.0742 e. The molecule has 0 spiro atoms. The number of nitrogens with one attached hydrogen (secondary N) is 1. The Kier molecular flexibility index (Phi) is 4.10. The summed E-state index contributed by atoms with van der Waals surface area (Å²) < 4.78 is 5.58. The van der Waals surface area contributed by atoms with Crippen LogP contribution in [0, 0.1) is 0 Å². The quantitative estimate of drug-likeness (QED) is 0.723. The number of hydrogen-bond donors (Lipinski definition) is 1. The predicted octanol–water partition coefficient (Wildman–Crippen LogP) is 0.412. The van der Waals surface area contributed by atoms with Gasteiger partial charge in [0.15, 0.2) is 0 Å². The number of thioether (sulfide) groups is 1. The summed E-state index contributed by atoms with van der Waals surface area (Å²) in [5, 5.41) is 3.40. The van der Waals surface area contributed by atoms with Gasteiger partial charge in [0, 0.05) is 45.1 Å². The summed E-state index contributed by atoms with van der Waals surface area (Å²) in [5.41, 5.74) is 0. The van der Waals surface area contributed by atoms with Gasteiger partial charge in [0.05, 0.1) is 6.10 Å². The van der Waals surface area contributed by atoms with E-state index >= 15 is 0 Å². The molecule has 3 nitrogen and oxygen atoms in total. The van der Waals surface area contributed by atoms with E-state index in [9.17, 15) is 0 Å². The molecule has 82 valence electrons. The van der Waals surface area contributed by atoms with Crippen LogP contribution in [0.25, 0.3) is 0 Å². The van der Waals surface area contributed by atoms with Crippen LogP contribution in [-0.2, 0) is 4.74 Å². The van der Waals surface area contributed by atoms with Gasteiger partial charge in [0.25, 0.3) is 0 Å². The molecular formula is C10H20N2OS. The number of nitrogens with zero attached hydrogens (tertiary/aromatic N) is 1. The molecule has 2 saturated heterocycles. The van der Waals surface area contributed by atoms with Crippen LogP contribution >= 0.6 is 11.8 Å². The average Bonchev–Trinajstić information content (AvgIpc) is 2.30. The van der Waals surface area contributed by atoms with Gasteiger partial charge in [-0.1, -0.05) is 0 Å². The third-order valence-electron chi connectivity index (χ3n) is 3.19. The van der Waals surface area contributed by atoms with Crippen LogP contribution in [0.3, 0.4) is 0 Å². The summed E-state index contributed by atoms with van der Waals surface area (Å²) in [6, 6.07) is 0.654. The summed E-state index contributed by atoms with van der Waals surface area (Å²) >= 11 is 2.07. The van der Waals surface area contributed by atoms with E-state index in [0.717, 1.165) is 13.1 Å². The number of hydrogen-bond acceptors (Lipinski definition) is 4. The monoisotopic (exact) mass is 216 g/mol. The molecule has 0 saturated carbocycles. The van der Waals surface area contributed by atoms with Crippen molar-refractivity contribution in [2.75, 3.05) is 44.8 Å². The fourth-order valence-electron chi connectivity index (χ4n) is 2.33. The van der Waals surface area contributed by atoms with E-state index in [2.05, 4.69) is 22.0 Å². The Morgan fingerprint density at radius 3 is 2.86 bits per heavy atom. The zero-order chi connectivity index (χ0) is 9.80. The molecule has 2 rings (SSSR count). The van der Waals surface area contributed by atoms with Crippen LogP contribution in [-0.4, -0.2) is 61.8 Å². The van der Waals surface area contributed by atoms with Gasteiger partial charge >= 0.3 is 0 Å². The fourth-order valence-corrected chi connectivity index (χ4v) is 3.57. The van der Waals surface area contributed by atoms with Crippen LogP contribution in [0.4, 0.5) is 0 Å². The highest BCUT2D eigenvalue weighted by molar-refractivity contribution is 7.99. The fraction of sp³-hybridized carbons (Fsp3) is 1.00. The highest BCUT2D eigenvalue weighted by Gasteiger charge is 2.30. The largest absolute Gasteiger partial charge is 0.380 e. The van der Waals surface area contributed by atoms with Crippen molar-refractivity contribution >= 4 is 11.8 Å². The molecule has 2 aliphatic heterocycles. The first-order valence-electron chi connectivity index (χ1n) is 5.47. The van der Waals surface area contributed by atoms with Gasteiger partial charge in [0.1, 0.15) is 0 Å². The van der Waals surface area contributed by atoms with Crippen molar-refractivity contribution < 1.29 is 4.74 Å². The Balaban J connectivity index is 1.91. The van der Waals surface area contributed by atoms with E-state index < -0.39 is 0 Å². The van der Waals surface area contributed by atoms with Crippen molar-refractivity contribution in [1.29, 1.82) is 0 Å². The Morgan fingerprint density at radius 1 is 1.36 bits per heavy atom. The van der Waals surface area contributed by atoms with Crippen molar-refractivity contribution in [2.45, 2.75) is 18.6 Å². The van der Waals surface area contributed by atoms with Gasteiger partial charge in [0.2, 0.25) is 0 Å². The molecule has 2 unspecified atom stereocenters. The molecule has 2 atom stereocenters. The third-order valence-corrected chi connectivity index (χ3v) is 4.29. The Morgan fingerprint density at radius 2 is 2.14 bits per heavy atom. The molecule has 4 heteroatoms. The molecule has 2 heterocycles. The summed E-state index contributed by atoms with van der Waals surface area (Å²) in [6.07, 6.45) is 1.69. The number of ether oxygens (including phenoxy) is 1. The molecule has 0 bridgehead atoms. The first-order valence-corrected chi connectivity index (χ1v) is 6.62. The van der Waals surface area contributed by atoms with Gasteiger partial charge in [-0.15, -0.1) is 0 Å². The van der Waals surface area contributed by atoms with Gasteiger partial charge in [-0.05, 0) is 12.2 Å². The second kappa shape index (κ2) is 5.35. The molecule has 0 aromatic carbocycles. The Bertz CT molecular complexity index is 174. The first-order chi connectivity index (χ1) is 6.92. The van der Waals surface area contributed by atoms with Gasteiger partial charge in [-0.2, -0.15) is 11.8 Å². The minimum Gasteiger partial charge on any atom is -0.380 e. The summed E-state index contributed by atoms with van der Waals surface area (Å²) in [7, 11) is 1.86. The van der Waals surface area contributed by atoms with Crippen LogP contribution in [0.15, 0.2) is 0 Å². The van der Waals surface area contributed by atoms with Gasteiger partial charge < -0.3 is 10.1 Å². The topological polar surface area (TPSA) is 24.5 Å². The first kappa shape index (κ1) is 10.7. The Labute approximate surface area is 90.6 Å². The van der Waals surface area contributed by atoms with Crippen molar-refractivity contribution in [1.82, 2.24) is 10.2 Å². The average molecular weight is 216 g/mol. The lowest BCUT2D eigenvalue weighted by Crippen LogP contribution is -2.55. The molecule has 1 N–H and O–H groups in total. The second-order valence-electron chi connectivity index (χ2n) is 3.99. The highest BCUT2D eigenvalue weighted by atomic mass is 32.2. The molecule has 0 aromatic rings. The highest BCUT2D eigenvalue weighted by Crippen LogP contribution is 2.24. The number of piperazine rings is 1. The standard InChI is InChI=1S/C10H20N2OS/c1-13-10-2-7-14-8-9(10)12-5-3-11-4-6-12/h9-11H,2-8H2,1H3. The summed E-state index contributed by atoms with van der Waals surface area (Å²) in [4.78, 5) is 2.59. The van der Waals surface area contributed by atoms with E-state index in [1.807, 2.05) is 7.11 Å². The van der Waals surface area contributed by atoms with Crippen molar-refractivity contribution in [2.24, 2.45) is 0 Å². The van der Waals surface area contributed by atoms with Crippen LogP contribution in [0.5, 0.6) is 0 Å². The molecule has 0 radical (unpaired) electrons. The number of rotatable bonds is 2. The minimum absolute atomic E-state index is 0.467. The molecular weight excluding hydrogens is 196 g/mol. The lowest BCUT2D eigenvalue weighted by Gasteiger charge is -2.40. The van der Waals surface area contributed by atoms with E-state index in [1.54, 1.807) is 0 Å². The van der Waals surface area contributed by atoms with E-state index in [-0.39, 0.29) is 0 Å². The maximum absolute atomic E-state index is 5.58. The zero-order valence-electron chi connectivity index (χ0n) is 8.87. The lowest BCUT2D eigenvalue weighted by atomic mass is 10.1. The minimum atomic E-state index is 0.467. The zero-order valence-corrected chi connectivity index (χ0v) is 9.68. The molecule has 2 fully saturated rings. The molecule has 2 aliphatic rings. The van der Waals surface area contributed by atoms with E-state index in [4.69, 9.17) is 4.74 Å². The van der Waals surface area contributed by atoms with Crippen LogP contribution in [0.2, 0.25) is 0 Å². The predicted molar refractivity (Wildman–Crippen MR) is 61.0 cm³/mol. The molecule has 0 aliphatic carbocycles. The SMILES string of the molecule is COC1CCSCC1N1CCNCC1. The molecule has 0 aromatic heterocycles. The van der Waals surface area contributed by atoms with E-state index in [1.165, 1.54) is 31.0 Å². The van der Waals surface area contributed by atoms with Gasteiger partial charge in [-0.25, -0.2) is 0 Å². The van der Waals surface area contributed by atoms with Crippen LogP contribution < -0.4 is 5.32 Å². The smallest absolute Gasteiger partial charge is 0.0742 e. The summed E-state index contributed by atoms with van der Waals surface area (Å²) in [5.74, 6) is 2.51. The third kappa shape index (κ3) is 2.42. The van der Waals surface area contributed by atoms with Crippen molar-refractivity contribution in [3.63, 3.8) is 0 Å². The lowest BCUT2D eigenvalue weighted by molar-refractivity contribution is 0.0150. The van der Waals surface area contributed by atoms with Crippen LogP contribution in [0.1, 0.15) is 6.42 Å². The summed E-state index contributed by atoms with van der Waals surface area (Å²) in [6.45, 7) is 4.64. The normalized spacial score (nSPS) is 35.8. The second-order valence-corrected chi connectivity index (χ2v) is 5.14. The van der Waals surface area contributed by atoms with Crippen molar-refractivity contribution in [3.8, 4) is 0 Å². The molecule has 14 heavy (non-hydrogen) atoms. The van der Waals surface area contributed by atoms with E-state index in [0.29, 0.717) is 12.1 Å². The van der Waals surface area contributed by atoms with Crippen molar-refractivity contribution in [3.05, 3.63) is 0 Å².